The number of carbonyl (C=O) groups is 3. The van der Waals surface area contributed by atoms with Gasteiger partial charge >= 0.3 is 6.09 Å². The summed E-state index contributed by atoms with van der Waals surface area (Å²) in [5.41, 5.74) is 7.98. The van der Waals surface area contributed by atoms with Gasteiger partial charge in [0.05, 0.1) is 19.1 Å². The van der Waals surface area contributed by atoms with Gasteiger partial charge in [-0.15, -0.1) is 0 Å². The second-order valence-electron chi connectivity index (χ2n) is 7.39. The summed E-state index contributed by atoms with van der Waals surface area (Å²) in [4.78, 5) is 41.3. The molecule has 2 aliphatic heterocycles. The van der Waals surface area contributed by atoms with Gasteiger partial charge in [-0.1, -0.05) is 35.7 Å². The maximum absolute atomic E-state index is 13.6. The number of amides is 3. The maximum Gasteiger partial charge on any atom is 0.417 e. The molecule has 0 spiro atoms. The summed E-state index contributed by atoms with van der Waals surface area (Å²) < 4.78 is 18.0. The van der Waals surface area contributed by atoms with Crippen molar-refractivity contribution in [3.63, 3.8) is 0 Å². The second-order valence-corrected chi connectivity index (χ2v) is 7.39. The molecule has 7 heteroatoms. The Labute approximate surface area is 173 Å². The molecule has 1 fully saturated rings. The highest BCUT2D eigenvalue weighted by Crippen LogP contribution is 2.34. The van der Waals surface area contributed by atoms with E-state index in [2.05, 4.69) is 11.5 Å². The Hall–Kier alpha value is -3.40. The first-order valence-corrected chi connectivity index (χ1v) is 9.90. The van der Waals surface area contributed by atoms with Gasteiger partial charge in [0.1, 0.15) is 12.6 Å². The van der Waals surface area contributed by atoms with E-state index in [9.17, 15) is 18.8 Å². The SMILES string of the molecule is O=C1Cc2ccccc2[C@H](C(=O)N2C(=O)OC[C@@H]2CC2=CC=C=C=C2)N1CCCF. The Morgan fingerprint density at radius 3 is 2.83 bits per heavy atom. The number of fused-ring (bicyclic) bond motifs is 1. The number of carbonyl (C=O) groups excluding carboxylic acids is 3. The Bertz CT molecular complexity index is 1020. The Morgan fingerprint density at radius 1 is 1.23 bits per heavy atom. The molecule has 0 N–H and O–H groups in total. The van der Waals surface area contributed by atoms with E-state index in [1.165, 1.54) is 4.90 Å². The molecule has 1 saturated heterocycles. The molecular formula is C23H21FN2O4. The van der Waals surface area contributed by atoms with Crippen molar-refractivity contribution >= 4 is 17.9 Å². The summed E-state index contributed by atoms with van der Waals surface area (Å²) >= 11 is 0. The van der Waals surface area contributed by atoms with Crippen molar-refractivity contribution < 1.29 is 23.5 Å². The Kier molecular flexibility index (Phi) is 5.66. The minimum atomic E-state index is -0.974. The van der Waals surface area contributed by atoms with Crippen molar-refractivity contribution in [3.05, 3.63) is 70.7 Å². The van der Waals surface area contributed by atoms with Crippen LogP contribution in [0.1, 0.15) is 30.0 Å². The van der Waals surface area contributed by atoms with Gasteiger partial charge in [-0.05, 0) is 47.8 Å². The molecule has 154 valence electrons. The van der Waals surface area contributed by atoms with Crippen molar-refractivity contribution in [3.8, 4) is 0 Å². The van der Waals surface area contributed by atoms with E-state index in [-0.39, 0.29) is 31.9 Å². The van der Waals surface area contributed by atoms with Crippen LogP contribution >= 0.6 is 0 Å². The van der Waals surface area contributed by atoms with Gasteiger partial charge in [0.25, 0.3) is 5.91 Å². The first-order valence-electron chi connectivity index (χ1n) is 9.90. The number of rotatable bonds is 6. The first-order chi connectivity index (χ1) is 14.6. The fourth-order valence-electron chi connectivity index (χ4n) is 4.08. The summed E-state index contributed by atoms with van der Waals surface area (Å²) in [6, 6.07) is 5.71. The fraction of sp³-hybridized carbons (Fsp3) is 0.348. The molecular weight excluding hydrogens is 387 g/mol. The molecule has 30 heavy (non-hydrogen) atoms. The zero-order valence-corrected chi connectivity index (χ0v) is 16.3. The van der Waals surface area contributed by atoms with Crippen LogP contribution in [-0.4, -0.2) is 53.6 Å². The monoisotopic (exact) mass is 408 g/mol. The predicted octanol–water partition coefficient (Wildman–Crippen LogP) is 3.02. The first kappa shape index (κ1) is 19.9. The lowest BCUT2D eigenvalue weighted by molar-refractivity contribution is -0.146. The van der Waals surface area contributed by atoms with Gasteiger partial charge in [0.2, 0.25) is 5.91 Å². The third-order valence-corrected chi connectivity index (χ3v) is 5.48. The number of cyclic esters (lactones) is 1. The van der Waals surface area contributed by atoms with E-state index in [1.807, 2.05) is 6.08 Å². The van der Waals surface area contributed by atoms with Crippen LogP contribution in [0, 0.1) is 0 Å². The molecule has 0 bridgehead atoms. The summed E-state index contributed by atoms with van der Waals surface area (Å²) in [7, 11) is 0. The minimum Gasteiger partial charge on any atom is -0.447 e. The highest BCUT2D eigenvalue weighted by atomic mass is 19.1. The second kappa shape index (κ2) is 8.54. The molecule has 0 radical (unpaired) electrons. The van der Waals surface area contributed by atoms with Gasteiger partial charge in [-0.3, -0.25) is 14.0 Å². The number of hydrogen-bond acceptors (Lipinski definition) is 4. The van der Waals surface area contributed by atoms with E-state index < -0.39 is 30.8 Å². The summed E-state index contributed by atoms with van der Waals surface area (Å²) in [6.45, 7) is -0.407. The summed E-state index contributed by atoms with van der Waals surface area (Å²) in [5, 5.41) is 0. The van der Waals surface area contributed by atoms with Crippen LogP contribution in [-0.2, 0) is 20.7 Å². The van der Waals surface area contributed by atoms with Crippen molar-refractivity contribution in [1.29, 1.82) is 0 Å². The van der Waals surface area contributed by atoms with Gasteiger partial charge in [0, 0.05) is 6.54 Å². The number of imide groups is 1. The molecule has 0 saturated carbocycles. The molecule has 0 unspecified atom stereocenters. The highest BCUT2D eigenvalue weighted by Gasteiger charge is 2.46. The lowest BCUT2D eigenvalue weighted by Crippen LogP contribution is -2.51. The molecule has 0 aromatic heterocycles. The maximum atomic E-state index is 13.6. The normalized spacial score (nSPS) is 22.2. The molecule has 2 atom stereocenters. The van der Waals surface area contributed by atoms with Crippen LogP contribution in [0.3, 0.4) is 0 Å². The lowest BCUT2D eigenvalue weighted by atomic mass is 9.90. The number of benzene rings is 1. The lowest BCUT2D eigenvalue weighted by Gasteiger charge is -2.38. The van der Waals surface area contributed by atoms with Gasteiger partial charge in [-0.25, -0.2) is 9.69 Å². The van der Waals surface area contributed by atoms with Crippen LogP contribution < -0.4 is 0 Å². The number of nitrogens with zero attached hydrogens (tertiary/aromatic N) is 2. The Balaban J connectivity index is 1.66. The number of hydrogen-bond donors (Lipinski definition) is 0. The third kappa shape index (κ3) is 3.73. The quantitative estimate of drug-likeness (QED) is 0.679. The minimum absolute atomic E-state index is 0.0793. The molecule has 3 aliphatic rings. The molecule has 1 aromatic rings. The van der Waals surface area contributed by atoms with E-state index in [0.29, 0.717) is 12.0 Å². The zero-order chi connectivity index (χ0) is 21.1. The molecule has 1 aromatic carbocycles. The third-order valence-electron chi connectivity index (χ3n) is 5.48. The average Bonchev–Trinajstić information content (AvgIpc) is 3.12. The number of allylic oxidation sites excluding steroid dienone is 3. The standard InChI is InChI=1S/C23H21FN2O4/c24-11-6-12-25-20(27)14-17-9-4-5-10-19(17)21(25)22(28)26-18(15-30-23(26)29)13-16-7-2-1-3-8-16/h2,4-5,7-10,18,21H,6,11-15H2/t18-,21+/m0/s1. The predicted molar refractivity (Wildman–Crippen MR) is 106 cm³/mol. The molecule has 3 amide bonds. The van der Waals surface area contributed by atoms with Gasteiger partial charge < -0.3 is 9.64 Å². The number of halogens is 1. The smallest absolute Gasteiger partial charge is 0.417 e. The van der Waals surface area contributed by atoms with E-state index >= 15 is 0 Å². The van der Waals surface area contributed by atoms with Gasteiger partial charge in [0.15, 0.2) is 0 Å². The van der Waals surface area contributed by atoms with Crippen molar-refractivity contribution in [2.45, 2.75) is 31.3 Å². The van der Waals surface area contributed by atoms with Crippen LogP contribution in [0.25, 0.3) is 0 Å². The van der Waals surface area contributed by atoms with E-state index in [0.717, 1.165) is 16.0 Å². The summed E-state index contributed by atoms with van der Waals surface area (Å²) in [6.07, 6.45) is 5.27. The Morgan fingerprint density at radius 2 is 2.07 bits per heavy atom. The van der Waals surface area contributed by atoms with Crippen LogP contribution in [0.2, 0.25) is 0 Å². The van der Waals surface area contributed by atoms with Crippen molar-refractivity contribution in [2.24, 2.45) is 0 Å². The highest BCUT2D eigenvalue weighted by molar-refractivity contribution is 6.00. The number of alkyl halides is 1. The van der Waals surface area contributed by atoms with Crippen molar-refractivity contribution in [2.75, 3.05) is 19.8 Å². The van der Waals surface area contributed by atoms with E-state index in [4.69, 9.17) is 4.74 Å². The summed E-state index contributed by atoms with van der Waals surface area (Å²) in [5.74, 6) is -0.772. The molecule has 4 rings (SSSR count). The average molecular weight is 408 g/mol. The van der Waals surface area contributed by atoms with Gasteiger partial charge in [-0.2, -0.15) is 0 Å². The zero-order valence-electron chi connectivity index (χ0n) is 16.3. The van der Waals surface area contributed by atoms with E-state index in [1.54, 1.807) is 36.4 Å². The van der Waals surface area contributed by atoms with Crippen molar-refractivity contribution in [1.82, 2.24) is 9.80 Å². The number of ether oxygens (including phenoxy) is 1. The molecule has 2 heterocycles. The van der Waals surface area contributed by atoms with Crippen LogP contribution in [0.4, 0.5) is 9.18 Å². The topological polar surface area (TPSA) is 66.9 Å². The molecule has 1 aliphatic carbocycles. The fourth-order valence-corrected chi connectivity index (χ4v) is 4.08. The largest absolute Gasteiger partial charge is 0.447 e. The van der Waals surface area contributed by atoms with Crippen LogP contribution in [0.5, 0.6) is 0 Å². The van der Waals surface area contributed by atoms with Crippen LogP contribution in [0.15, 0.2) is 59.5 Å². The molecule has 6 nitrogen and oxygen atoms in total.